The molecule has 0 bridgehead atoms. The molecule has 0 aliphatic rings. The average molecular weight is 219 g/mol. The van der Waals surface area contributed by atoms with Crippen molar-refractivity contribution in [2.45, 2.75) is 44.8 Å². The highest BCUT2D eigenvalue weighted by molar-refractivity contribution is 5.71. The summed E-state index contributed by atoms with van der Waals surface area (Å²) in [6.45, 7) is 2.37. The number of rotatable bonds is 8. The van der Waals surface area contributed by atoms with E-state index in [0.717, 1.165) is 0 Å². The second kappa shape index (κ2) is 7.62. The van der Waals surface area contributed by atoms with Crippen molar-refractivity contribution in [2.75, 3.05) is 6.54 Å². The average Bonchev–Trinajstić information content (AvgIpc) is 2.14. The molecule has 90 valence electrons. The van der Waals surface area contributed by atoms with Crippen LogP contribution in [0.25, 0.3) is 0 Å². The fourth-order valence-corrected chi connectivity index (χ4v) is 1.46. The summed E-state index contributed by atoms with van der Waals surface area (Å²) in [5.74, 6) is -0.995. The number of aliphatic hydroxyl groups excluding tert-OH is 2. The van der Waals surface area contributed by atoms with Crippen LogP contribution in [0.5, 0.6) is 0 Å². The van der Waals surface area contributed by atoms with Gasteiger partial charge in [-0.3, -0.25) is 0 Å². The largest absolute Gasteiger partial charge is 0.479 e. The van der Waals surface area contributed by atoms with E-state index in [1.165, 1.54) is 0 Å². The van der Waals surface area contributed by atoms with Crippen molar-refractivity contribution in [3.05, 3.63) is 0 Å². The molecular weight excluding hydrogens is 198 g/mol. The van der Waals surface area contributed by atoms with E-state index in [9.17, 15) is 9.90 Å². The number of carboxylic acid groups (broad SMARTS) is 1. The van der Waals surface area contributed by atoms with Gasteiger partial charge in [-0.15, -0.1) is 0 Å². The first-order valence-electron chi connectivity index (χ1n) is 5.26. The van der Waals surface area contributed by atoms with Crippen molar-refractivity contribution in [3.63, 3.8) is 0 Å². The van der Waals surface area contributed by atoms with Gasteiger partial charge in [0.15, 0.2) is 6.10 Å². The van der Waals surface area contributed by atoms with Gasteiger partial charge in [0, 0.05) is 0 Å². The zero-order chi connectivity index (χ0) is 11.8. The summed E-state index contributed by atoms with van der Waals surface area (Å²) in [7, 11) is 0. The van der Waals surface area contributed by atoms with Crippen LogP contribution < -0.4 is 5.73 Å². The van der Waals surface area contributed by atoms with Crippen molar-refractivity contribution in [1.82, 2.24) is 0 Å². The molecule has 0 saturated carbocycles. The Morgan fingerprint density at radius 3 is 2.33 bits per heavy atom. The summed E-state index contributed by atoms with van der Waals surface area (Å²) in [5.41, 5.74) is 5.29. The van der Waals surface area contributed by atoms with Gasteiger partial charge in [0.1, 0.15) is 0 Å². The maximum Gasteiger partial charge on any atom is 0.332 e. The van der Waals surface area contributed by atoms with Crippen molar-refractivity contribution < 1.29 is 20.1 Å². The van der Waals surface area contributed by atoms with Gasteiger partial charge in [0.05, 0.1) is 6.10 Å². The molecule has 0 aliphatic carbocycles. The lowest BCUT2D eigenvalue weighted by atomic mass is 9.95. The van der Waals surface area contributed by atoms with E-state index in [1.807, 2.05) is 6.92 Å². The molecule has 0 aromatic carbocycles. The monoisotopic (exact) mass is 219 g/mol. The van der Waals surface area contributed by atoms with Gasteiger partial charge in [0.2, 0.25) is 0 Å². The predicted molar refractivity (Wildman–Crippen MR) is 56.3 cm³/mol. The lowest BCUT2D eigenvalue weighted by molar-refractivity contribution is -0.147. The number of aliphatic carboxylic acids is 1. The second-order valence-electron chi connectivity index (χ2n) is 4.00. The summed E-state index contributed by atoms with van der Waals surface area (Å²) >= 11 is 0. The third-order valence-electron chi connectivity index (χ3n) is 2.39. The Balaban J connectivity index is 3.65. The van der Waals surface area contributed by atoms with Crippen LogP contribution in [0.2, 0.25) is 0 Å². The van der Waals surface area contributed by atoms with E-state index in [2.05, 4.69) is 0 Å². The number of nitrogens with two attached hydrogens (primary N) is 1. The highest BCUT2D eigenvalue weighted by atomic mass is 16.4. The molecule has 5 N–H and O–H groups in total. The zero-order valence-corrected chi connectivity index (χ0v) is 9.09. The first-order valence-corrected chi connectivity index (χ1v) is 5.26. The molecule has 0 amide bonds. The maximum absolute atomic E-state index is 10.3. The molecule has 15 heavy (non-hydrogen) atoms. The molecule has 5 heteroatoms. The molecule has 0 heterocycles. The third-order valence-corrected chi connectivity index (χ3v) is 2.39. The predicted octanol–water partition coefficient (Wildman–Crippen LogP) is -0.0520. The first-order chi connectivity index (χ1) is 6.97. The number of aliphatic hydroxyl groups is 2. The Morgan fingerprint density at radius 1 is 1.27 bits per heavy atom. The van der Waals surface area contributed by atoms with E-state index >= 15 is 0 Å². The second-order valence-corrected chi connectivity index (χ2v) is 4.00. The van der Waals surface area contributed by atoms with Crippen LogP contribution in [-0.4, -0.2) is 40.0 Å². The van der Waals surface area contributed by atoms with Gasteiger partial charge in [-0.2, -0.15) is 0 Å². The quantitative estimate of drug-likeness (QED) is 0.458. The van der Waals surface area contributed by atoms with E-state index in [0.29, 0.717) is 25.8 Å². The van der Waals surface area contributed by atoms with Gasteiger partial charge in [-0.05, 0) is 38.1 Å². The SMILES string of the molecule is C[C@H](CC[C@@H](O)C(=O)O)C[C@H](O)CCN. The summed E-state index contributed by atoms with van der Waals surface area (Å²) < 4.78 is 0. The van der Waals surface area contributed by atoms with Crippen LogP contribution in [0.3, 0.4) is 0 Å². The normalized spacial score (nSPS) is 17.1. The number of hydrogen-bond donors (Lipinski definition) is 4. The van der Waals surface area contributed by atoms with E-state index < -0.39 is 18.2 Å². The molecule has 3 atom stereocenters. The summed E-state index contributed by atoms with van der Waals surface area (Å²) in [6.07, 6.45) is 0.266. The maximum atomic E-state index is 10.3. The van der Waals surface area contributed by atoms with Gasteiger partial charge in [-0.25, -0.2) is 4.79 Å². The Morgan fingerprint density at radius 2 is 1.87 bits per heavy atom. The van der Waals surface area contributed by atoms with Crippen LogP contribution in [0.1, 0.15) is 32.6 Å². The minimum Gasteiger partial charge on any atom is -0.479 e. The van der Waals surface area contributed by atoms with Crippen LogP contribution >= 0.6 is 0 Å². The van der Waals surface area contributed by atoms with Crippen LogP contribution in [0.15, 0.2) is 0 Å². The molecule has 0 fully saturated rings. The van der Waals surface area contributed by atoms with Crippen LogP contribution in [0, 0.1) is 5.92 Å². The molecule has 0 spiro atoms. The van der Waals surface area contributed by atoms with E-state index in [-0.39, 0.29) is 12.3 Å². The summed E-state index contributed by atoms with van der Waals surface area (Å²) in [4.78, 5) is 10.3. The first kappa shape index (κ1) is 14.3. The van der Waals surface area contributed by atoms with E-state index in [1.54, 1.807) is 0 Å². The molecule has 0 aliphatic heterocycles. The van der Waals surface area contributed by atoms with Crippen molar-refractivity contribution >= 4 is 5.97 Å². The smallest absolute Gasteiger partial charge is 0.332 e. The number of carbonyl (C=O) groups is 1. The lowest BCUT2D eigenvalue weighted by Crippen LogP contribution is -2.21. The molecule has 0 saturated heterocycles. The number of hydrogen-bond acceptors (Lipinski definition) is 4. The van der Waals surface area contributed by atoms with Gasteiger partial charge < -0.3 is 21.1 Å². The fourth-order valence-electron chi connectivity index (χ4n) is 1.46. The van der Waals surface area contributed by atoms with Crippen molar-refractivity contribution in [1.29, 1.82) is 0 Å². The fraction of sp³-hybridized carbons (Fsp3) is 0.900. The molecule has 5 nitrogen and oxygen atoms in total. The minimum absolute atomic E-state index is 0.195. The van der Waals surface area contributed by atoms with Crippen molar-refractivity contribution in [2.24, 2.45) is 11.7 Å². The van der Waals surface area contributed by atoms with Gasteiger partial charge >= 0.3 is 5.97 Å². The molecule has 0 aromatic rings. The standard InChI is InChI=1S/C10H21NO4/c1-7(6-8(12)4-5-11)2-3-9(13)10(14)15/h7-9,12-13H,2-6,11H2,1H3,(H,14,15)/t7-,8-,9-/m1/s1. The summed E-state index contributed by atoms with van der Waals surface area (Å²) in [5, 5.41) is 26.9. The minimum atomic E-state index is -1.29. The zero-order valence-electron chi connectivity index (χ0n) is 9.09. The van der Waals surface area contributed by atoms with Crippen LogP contribution in [-0.2, 0) is 4.79 Å². The number of carboxylic acids is 1. The highest BCUT2D eigenvalue weighted by Gasteiger charge is 2.16. The lowest BCUT2D eigenvalue weighted by Gasteiger charge is -2.16. The highest BCUT2D eigenvalue weighted by Crippen LogP contribution is 2.15. The topological polar surface area (TPSA) is 104 Å². The van der Waals surface area contributed by atoms with Crippen molar-refractivity contribution in [3.8, 4) is 0 Å². The third kappa shape index (κ3) is 7.30. The Hall–Kier alpha value is -0.650. The molecule has 0 radical (unpaired) electrons. The van der Waals surface area contributed by atoms with Gasteiger partial charge in [0.25, 0.3) is 0 Å². The molecule has 0 aromatic heterocycles. The molecule has 0 rings (SSSR count). The van der Waals surface area contributed by atoms with Gasteiger partial charge in [-0.1, -0.05) is 6.92 Å². The van der Waals surface area contributed by atoms with E-state index in [4.69, 9.17) is 15.9 Å². The Kier molecular flexibility index (Phi) is 7.29. The molecule has 0 unspecified atom stereocenters. The summed E-state index contributed by atoms with van der Waals surface area (Å²) in [6, 6.07) is 0. The molecular formula is C10H21NO4. The Labute approximate surface area is 89.9 Å². The van der Waals surface area contributed by atoms with Crippen LogP contribution in [0.4, 0.5) is 0 Å². The Bertz CT molecular complexity index is 186.